The van der Waals surface area contributed by atoms with Crippen LogP contribution in [0.5, 0.6) is 11.5 Å². The van der Waals surface area contributed by atoms with E-state index in [1.54, 1.807) is 24.3 Å². The highest BCUT2D eigenvalue weighted by Crippen LogP contribution is 2.38. The number of fused-ring (bicyclic) bond motifs is 1. The molecule has 0 spiro atoms. The van der Waals surface area contributed by atoms with E-state index < -0.39 is 22.4 Å². The van der Waals surface area contributed by atoms with E-state index in [4.69, 9.17) is 18.6 Å². The summed E-state index contributed by atoms with van der Waals surface area (Å²) in [6.07, 6.45) is 0.164. The lowest BCUT2D eigenvalue weighted by Crippen LogP contribution is -2.19. The number of nitro groups is 1. The fourth-order valence-electron chi connectivity index (χ4n) is 3.30. The second-order valence-electron chi connectivity index (χ2n) is 6.40. The molecule has 0 saturated heterocycles. The Balaban J connectivity index is 2.15. The van der Waals surface area contributed by atoms with Gasteiger partial charge in [-0.05, 0) is 29.7 Å². The van der Waals surface area contributed by atoms with Crippen LogP contribution >= 0.6 is 0 Å². The average molecular weight is 413 g/mol. The zero-order chi connectivity index (χ0) is 21.8. The molecule has 0 fully saturated rings. The van der Waals surface area contributed by atoms with Gasteiger partial charge < -0.3 is 18.6 Å². The Morgan fingerprint density at radius 3 is 2.37 bits per heavy atom. The van der Waals surface area contributed by atoms with Crippen molar-refractivity contribution in [2.75, 3.05) is 21.3 Å². The van der Waals surface area contributed by atoms with Crippen LogP contribution in [0.25, 0.3) is 11.0 Å². The first-order valence-electron chi connectivity index (χ1n) is 8.89. The molecule has 1 aromatic heterocycles. The minimum absolute atomic E-state index is 0.0593. The van der Waals surface area contributed by atoms with Crippen LogP contribution in [-0.2, 0) is 16.0 Å². The van der Waals surface area contributed by atoms with Gasteiger partial charge in [0.05, 0.1) is 32.2 Å². The van der Waals surface area contributed by atoms with Crippen LogP contribution in [-0.4, -0.2) is 32.2 Å². The monoisotopic (exact) mass is 413 g/mol. The van der Waals surface area contributed by atoms with Gasteiger partial charge in [0.1, 0.15) is 0 Å². The molecular formula is C21H19NO8. The van der Waals surface area contributed by atoms with Crippen molar-refractivity contribution in [2.45, 2.75) is 12.3 Å². The van der Waals surface area contributed by atoms with E-state index in [0.717, 1.165) is 0 Å². The molecule has 0 saturated carbocycles. The summed E-state index contributed by atoms with van der Waals surface area (Å²) in [7, 11) is 4.12. The second-order valence-corrected chi connectivity index (χ2v) is 6.40. The number of rotatable bonds is 7. The van der Waals surface area contributed by atoms with Crippen LogP contribution in [0.4, 0.5) is 5.69 Å². The van der Waals surface area contributed by atoms with Gasteiger partial charge in [0.2, 0.25) is 5.75 Å². The lowest BCUT2D eigenvalue weighted by molar-refractivity contribution is -0.384. The number of hydrogen-bond donors (Lipinski definition) is 0. The smallest absolute Gasteiger partial charge is 0.336 e. The number of carbonyl (C=O) groups is 1. The first kappa shape index (κ1) is 20.8. The molecule has 0 aliphatic carbocycles. The zero-order valence-electron chi connectivity index (χ0n) is 16.5. The molecule has 30 heavy (non-hydrogen) atoms. The fourth-order valence-corrected chi connectivity index (χ4v) is 3.30. The Morgan fingerprint density at radius 2 is 1.80 bits per heavy atom. The summed E-state index contributed by atoms with van der Waals surface area (Å²) >= 11 is 0. The molecule has 2 aromatic carbocycles. The van der Waals surface area contributed by atoms with E-state index >= 15 is 0 Å². The highest BCUT2D eigenvalue weighted by molar-refractivity contribution is 5.92. The van der Waals surface area contributed by atoms with Crippen molar-refractivity contribution in [3.63, 3.8) is 0 Å². The summed E-state index contributed by atoms with van der Waals surface area (Å²) < 4.78 is 20.9. The van der Waals surface area contributed by atoms with Crippen molar-refractivity contribution < 1.29 is 28.3 Å². The summed E-state index contributed by atoms with van der Waals surface area (Å²) in [6, 6.07) is 10.4. The van der Waals surface area contributed by atoms with Crippen LogP contribution in [0.3, 0.4) is 0 Å². The summed E-state index contributed by atoms with van der Waals surface area (Å²) in [5, 5.41) is 11.4. The Bertz CT molecular complexity index is 1150. The normalized spacial score (nSPS) is 11.7. The van der Waals surface area contributed by atoms with Gasteiger partial charge >= 0.3 is 11.6 Å². The number of nitrogens with zero attached hydrogens (tertiary/aromatic N) is 1. The number of ether oxygens (including phenoxy) is 3. The SMILES string of the molecule is COC(=O)[C@@H](Cc1ccc([N+](=O)[O-])cc1)c1cc(=O)oc2c(OC)c(OC)ccc12. The molecule has 0 aliphatic rings. The van der Waals surface area contributed by atoms with Gasteiger partial charge in [-0.15, -0.1) is 0 Å². The van der Waals surface area contributed by atoms with E-state index in [1.807, 2.05) is 0 Å². The third-order valence-corrected chi connectivity index (χ3v) is 4.74. The highest BCUT2D eigenvalue weighted by Gasteiger charge is 2.27. The first-order chi connectivity index (χ1) is 14.4. The summed E-state index contributed by atoms with van der Waals surface area (Å²) in [6.45, 7) is 0. The Hall–Kier alpha value is -3.88. The average Bonchev–Trinajstić information content (AvgIpc) is 2.75. The van der Waals surface area contributed by atoms with Crippen LogP contribution in [0.15, 0.2) is 51.7 Å². The number of non-ortho nitro benzene ring substituents is 1. The molecule has 0 amide bonds. The molecule has 0 N–H and O–H groups in total. The first-order valence-corrected chi connectivity index (χ1v) is 8.89. The third kappa shape index (κ3) is 3.95. The standard InChI is InChI=1S/C21H19NO8/c1-27-17-9-8-14-15(11-18(23)30-19(14)20(17)28-2)16(21(24)29-3)10-12-4-6-13(7-5-12)22(25)26/h4-9,11,16H,10H2,1-3H3/t16-/m0/s1. The maximum absolute atomic E-state index is 12.6. The van der Waals surface area contributed by atoms with Crippen LogP contribution in [0.2, 0.25) is 0 Å². The quantitative estimate of drug-likeness (QED) is 0.251. The number of nitro benzene ring substituents is 1. The van der Waals surface area contributed by atoms with Crippen molar-refractivity contribution in [1.82, 2.24) is 0 Å². The topological polar surface area (TPSA) is 118 Å². The third-order valence-electron chi connectivity index (χ3n) is 4.74. The molecule has 3 aromatic rings. The molecule has 9 nitrogen and oxygen atoms in total. The van der Waals surface area contributed by atoms with Gasteiger partial charge in [0.15, 0.2) is 11.3 Å². The van der Waals surface area contributed by atoms with E-state index in [0.29, 0.717) is 22.3 Å². The fraction of sp³-hybridized carbons (Fsp3) is 0.238. The Kier molecular flexibility index (Phi) is 6.01. The van der Waals surface area contributed by atoms with Gasteiger partial charge in [0, 0.05) is 23.6 Å². The molecule has 1 atom stereocenters. The summed E-state index contributed by atoms with van der Waals surface area (Å²) in [5.41, 5.74) is 0.486. The molecule has 156 valence electrons. The molecule has 0 aliphatic heterocycles. The van der Waals surface area contributed by atoms with E-state index in [1.165, 1.54) is 39.5 Å². The lowest BCUT2D eigenvalue weighted by Gasteiger charge is -2.18. The maximum atomic E-state index is 12.6. The Labute approximate surface area is 170 Å². The number of esters is 1. The summed E-state index contributed by atoms with van der Waals surface area (Å²) in [4.78, 5) is 35.2. The molecule has 0 radical (unpaired) electrons. The predicted octanol–water partition coefficient (Wildman–Crippen LogP) is 3.22. The van der Waals surface area contributed by atoms with Gasteiger partial charge in [-0.2, -0.15) is 0 Å². The maximum Gasteiger partial charge on any atom is 0.336 e. The van der Waals surface area contributed by atoms with E-state index in [2.05, 4.69) is 0 Å². The molecule has 1 heterocycles. The Morgan fingerprint density at radius 1 is 1.10 bits per heavy atom. The minimum atomic E-state index is -0.846. The number of hydrogen-bond acceptors (Lipinski definition) is 8. The van der Waals surface area contributed by atoms with Crippen molar-refractivity contribution in [1.29, 1.82) is 0 Å². The zero-order valence-corrected chi connectivity index (χ0v) is 16.5. The van der Waals surface area contributed by atoms with Crippen LogP contribution in [0.1, 0.15) is 17.0 Å². The molecule has 9 heteroatoms. The van der Waals surface area contributed by atoms with Gasteiger partial charge in [0.25, 0.3) is 5.69 Å². The largest absolute Gasteiger partial charge is 0.493 e. The van der Waals surface area contributed by atoms with Crippen LogP contribution in [0, 0.1) is 10.1 Å². The van der Waals surface area contributed by atoms with Crippen molar-refractivity contribution in [3.8, 4) is 11.5 Å². The second kappa shape index (κ2) is 8.64. The number of methoxy groups -OCH3 is 3. The number of benzene rings is 2. The molecular weight excluding hydrogens is 394 g/mol. The van der Waals surface area contributed by atoms with Crippen molar-refractivity contribution >= 4 is 22.6 Å². The highest BCUT2D eigenvalue weighted by atomic mass is 16.6. The van der Waals surface area contributed by atoms with Gasteiger partial charge in [-0.25, -0.2) is 4.79 Å². The number of carbonyl (C=O) groups excluding carboxylic acids is 1. The molecule has 3 rings (SSSR count). The lowest BCUT2D eigenvalue weighted by atomic mass is 9.90. The summed E-state index contributed by atoms with van der Waals surface area (Å²) in [5.74, 6) is -0.806. The van der Waals surface area contributed by atoms with Crippen molar-refractivity contribution in [3.05, 3.63) is 74.1 Å². The molecule has 0 bridgehead atoms. The predicted molar refractivity (Wildman–Crippen MR) is 107 cm³/mol. The molecule has 0 unspecified atom stereocenters. The van der Waals surface area contributed by atoms with Gasteiger partial charge in [-0.1, -0.05) is 12.1 Å². The van der Waals surface area contributed by atoms with E-state index in [9.17, 15) is 19.7 Å². The van der Waals surface area contributed by atoms with Crippen molar-refractivity contribution in [2.24, 2.45) is 0 Å². The van der Waals surface area contributed by atoms with Crippen LogP contribution < -0.4 is 15.1 Å². The van der Waals surface area contributed by atoms with Gasteiger partial charge in [-0.3, -0.25) is 14.9 Å². The minimum Gasteiger partial charge on any atom is -0.493 e. The van der Waals surface area contributed by atoms with E-state index in [-0.39, 0.29) is 23.4 Å².